The lowest BCUT2D eigenvalue weighted by Crippen LogP contribution is -2.39. The molecule has 3 N–H and O–H groups in total. The van der Waals surface area contributed by atoms with Gasteiger partial charge in [-0.05, 0) is 17.9 Å². The SMILES string of the molecule is CCSc1cccc(NCCN2CCOCC2)c1C(N)=S. The van der Waals surface area contributed by atoms with Crippen LogP contribution in [0.3, 0.4) is 0 Å². The molecule has 2 rings (SSSR count). The Labute approximate surface area is 136 Å². The first kappa shape index (κ1) is 16.5. The minimum absolute atomic E-state index is 0.459. The molecular formula is C15H23N3OS2. The maximum Gasteiger partial charge on any atom is 0.107 e. The number of nitrogens with zero attached hydrogens (tertiary/aromatic N) is 1. The molecule has 0 aromatic heterocycles. The van der Waals surface area contributed by atoms with Crippen LogP contribution in [0.25, 0.3) is 0 Å². The highest BCUT2D eigenvalue weighted by Gasteiger charge is 2.12. The van der Waals surface area contributed by atoms with Crippen molar-refractivity contribution in [2.75, 3.05) is 50.5 Å². The van der Waals surface area contributed by atoms with Gasteiger partial charge in [0.05, 0.1) is 13.2 Å². The molecule has 1 aromatic carbocycles. The lowest BCUT2D eigenvalue weighted by molar-refractivity contribution is 0.0398. The van der Waals surface area contributed by atoms with Crippen LogP contribution in [0.15, 0.2) is 23.1 Å². The van der Waals surface area contributed by atoms with E-state index in [9.17, 15) is 0 Å². The number of rotatable bonds is 7. The maximum absolute atomic E-state index is 5.91. The van der Waals surface area contributed by atoms with Crippen LogP contribution in [0.1, 0.15) is 12.5 Å². The molecule has 1 aliphatic rings. The number of hydrogen-bond donors (Lipinski definition) is 2. The maximum atomic E-state index is 5.91. The molecule has 1 heterocycles. The van der Waals surface area contributed by atoms with Crippen LogP contribution < -0.4 is 11.1 Å². The van der Waals surface area contributed by atoms with Crippen LogP contribution in [0.4, 0.5) is 5.69 Å². The molecule has 1 saturated heterocycles. The fraction of sp³-hybridized carbons (Fsp3) is 0.533. The van der Waals surface area contributed by atoms with Crippen molar-refractivity contribution in [2.45, 2.75) is 11.8 Å². The Balaban J connectivity index is 1.98. The van der Waals surface area contributed by atoms with Gasteiger partial charge in [0.2, 0.25) is 0 Å². The highest BCUT2D eigenvalue weighted by Crippen LogP contribution is 2.28. The first-order valence-electron chi connectivity index (χ1n) is 7.32. The normalized spacial score (nSPS) is 15.9. The number of thioether (sulfide) groups is 1. The Morgan fingerprint density at radius 1 is 1.43 bits per heavy atom. The van der Waals surface area contributed by atoms with Gasteiger partial charge in [-0.1, -0.05) is 25.2 Å². The molecular weight excluding hydrogens is 302 g/mol. The largest absolute Gasteiger partial charge is 0.389 e. The fourth-order valence-electron chi connectivity index (χ4n) is 2.38. The van der Waals surface area contributed by atoms with Gasteiger partial charge in [0.15, 0.2) is 0 Å². The van der Waals surface area contributed by atoms with Crippen molar-refractivity contribution < 1.29 is 4.74 Å². The van der Waals surface area contributed by atoms with Gasteiger partial charge in [0, 0.05) is 42.3 Å². The molecule has 0 saturated carbocycles. The van der Waals surface area contributed by atoms with E-state index in [-0.39, 0.29) is 0 Å². The van der Waals surface area contributed by atoms with Gasteiger partial charge in [-0.3, -0.25) is 4.90 Å². The third kappa shape index (κ3) is 4.85. The topological polar surface area (TPSA) is 50.5 Å². The second-order valence-corrected chi connectivity index (χ2v) is 6.60. The second-order valence-electron chi connectivity index (χ2n) is 4.86. The van der Waals surface area contributed by atoms with Crippen LogP contribution >= 0.6 is 24.0 Å². The summed E-state index contributed by atoms with van der Waals surface area (Å²) in [5.74, 6) is 1.01. The van der Waals surface area contributed by atoms with E-state index in [1.165, 1.54) is 0 Å². The first-order valence-corrected chi connectivity index (χ1v) is 8.71. The summed E-state index contributed by atoms with van der Waals surface area (Å²) >= 11 is 7.00. The van der Waals surface area contributed by atoms with E-state index >= 15 is 0 Å². The zero-order valence-corrected chi connectivity index (χ0v) is 14.1. The summed E-state index contributed by atoms with van der Waals surface area (Å²) in [6.07, 6.45) is 0. The molecule has 21 heavy (non-hydrogen) atoms. The number of benzene rings is 1. The second kappa shape index (κ2) is 8.58. The molecule has 1 fully saturated rings. The van der Waals surface area contributed by atoms with Gasteiger partial charge in [-0.2, -0.15) is 0 Å². The molecule has 116 valence electrons. The van der Waals surface area contributed by atoms with Crippen molar-refractivity contribution in [1.29, 1.82) is 0 Å². The van der Waals surface area contributed by atoms with Crippen molar-refractivity contribution in [3.05, 3.63) is 23.8 Å². The molecule has 1 aromatic rings. The first-order chi connectivity index (χ1) is 10.2. The zero-order chi connectivity index (χ0) is 15.1. The molecule has 0 spiro atoms. The third-order valence-corrected chi connectivity index (χ3v) is 4.56. The Bertz CT molecular complexity index is 476. The number of nitrogens with one attached hydrogen (secondary N) is 1. The highest BCUT2D eigenvalue weighted by atomic mass is 32.2. The lowest BCUT2D eigenvalue weighted by atomic mass is 10.1. The lowest BCUT2D eigenvalue weighted by Gasteiger charge is -2.27. The summed E-state index contributed by atoms with van der Waals surface area (Å²) in [6.45, 7) is 7.71. The number of anilines is 1. The van der Waals surface area contributed by atoms with Crippen molar-refractivity contribution in [3.63, 3.8) is 0 Å². The molecule has 0 aliphatic carbocycles. The molecule has 0 atom stereocenters. The predicted octanol–water partition coefficient (Wildman–Crippen LogP) is 2.18. The van der Waals surface area contributed by atoms with Gasteiger partial charge in [0.1, 0.15) is 4.99 Å². The third-order valence-electron chi connectivity index (χ3n) is 3.42. The fourth-order valence-corrected chi connectivity index (χ4v) is 3.52. The number of hydrogen-bond acceptors (Lipinski definition) is 5. The smallest absolute Gasteiger partial charge is 0.107 e. The minimum atomic E-state index is 0.459. The van der Waals surface area contributed by atoms with Crippen molar-refractivity contribution in [3.8, 4) is 0 Å². The van der Waals surface area contributed by atoms with E-state index in [1.54, 1.807) is 11.8 Å². The van der Waals surface area contributed by atoms with Crippen molar-refractivity contribution >= 4 is 34.7 Å². The summed E-state index contributed by atoms with van der Waals surface area (Å²) in [4.78, 5) is 4.02. The predicted molar refractivity (Wildman–Crippen MR) is 94.5 cm³/mol. The molecule has 0 bridgehead atoms. The summed E-state index contributed by atoms with van der Waals surface area (Å²) in [5.41, 5.74) is 7.92. The average molecular weight is 326 g/mol. The van der Waals surface area contributed by atoms with Gasteiger partial charge >= 0.3 is 0 Å². The van der Waals surface area contributed by atoms with Crippen LogP contribution in [0.5, 0.6) is 0 Å². The number of morpholine rings is 1. The molecule has 0 radical (unpaired) electrons. The van der Waals surface area contributed by atoms with Gasteiger partial charge in [-0.25, -0.2) is 0 Å². The Kier molecular flexibility index (Phi) is 6.76. The van der Waals surface area contributed by atoms with E-state index in [0.29, 0.717) is 4.99 Å². The molecule has 6 heteroatoms. The summed E-state index contributed by atoms with van der Waals surface area (Å²) in [5, 5.41) is 3.48. The van der Waals surface area contributed by atoms with Crippen molar-refractivity contribution in [2.24, 2.45) is 5.73 Å². The molecule has 4 nitrogen and oxygen atoms in total. The van der Waals surface area contributed by atoms with E-state index in [4.69, 9.17) is 22.7 Å². The standard InChI is InChI=1S/C15H23N3OS2/c1-2-21-13-5-3-4-12(14(13)15(16)20)17-6-7-18-8-10-19-11-9-18/h3-5,17H,2,6-11H2,1H3,(H2,16,20). The summed E-state index contributed by atoms with van der Waals surface area (Å²) in [7, 11) is 0. The van der Waals surface area contributed by atoms with Gasteiger partial charge in [-0.15, -0.1) is 11.8 Å². The van der Waals surface area contributed by atoms with E-state index in [1.807, 2.05) is 6.07 Å². The van der Waals surface area contributed by atoms with Crippen LogP contribution in [-0.2, 0) is 4.74 Å². The number of ether oxygens (including phenoxy) is 1. The van der Waals surface area contributed by atoms with E-state index in [2.05, 4.69) is 29.3 Å². The van der Waals surface area contributed by atoms with Crippen molar-refractivity contribution in [1.82, 2.24) is 4.90 Å². The van der Waals surface area contributed by atoms with Gasteiger partial charge in [0.25, 0.3) is 0 Å². The van der Waals surface area contributed by atoms with Crippen LogP contribution in [0, 0.1) is 0 Å². The molecule has 0 amide bonds. The average Bonchev–Trinajstić information content (AvgIpc) is 2.48. The quantitative estimate of drug-likeness (QED) is 0.592. The van der Waals surface area contributed by atoms with Crippen LogP contribution in [0.2, 0.25) is 0 Å². The monoisotopic (exact) mass is 325 g/mol. The number of thiocarbonyl (C=S) groups is 1. The van der Waals surface area contributed by atoms with E-state index in [0.717, 1.165) is 61.3 Å². The minimum Gasteiger partial charge on any atom is -0.389 e. The van der Waals surface area contributed by atoms with Crippen LogP contribution in [-0.4, -0.2) is 55.0 Å². The Morgan fingerprint density at radius 3 is 2.86 bits per heavy atom. The molecule has 1 aliphatic heterocycles. The Hall–Kier alpha value is -0.820. The highest BCUT2D eigenvalue weighted by molar-refractivity contribution is 7.99. The number of nitrogens with two attached hydrogens (primary N) is 1. The van der Waals surface area contributed by atoms with Gasteiger partial charge < -0.3 is 15.8 Å². The Morgan fingerprint density at radius 2 is 2.19 bits per heavy atom. The summed E-state index contributed by atoms with van der Waals surface area (Å²) in [6, 6.07) is 6.18. The summed E-state index contributed by atoms with van der Waals surface area (Å²) < 4.78 is 5.36. The van der Waals surface area contributed by atoms with E-state index < -0.39 is 0 Å². The zero-order valence-electron chi connectivity index (χ0n) is 12.4. The molecule has 0 unspecified atom stereocenters.